The number of hydrogen-bond donors (Lipinski definition) is 0. The lowest BCUT2D eigenvalue weighted by molar-refractivity contribution is -0.660. The molecule has 0 aliphatic rings. The second-order valence-electron chi connectivity index (χ2n) is 7.38. The molecule has 0 N–H and O–H groups in total. The van der Waals surface area contributed by atoms with Crippen molar-refractivity contribution in [2.45, 2.75) is 6.92 Å². The number of aromatic nitrogens is 1. The normalized spacial score (nSPS) is 11.9. The van der Waals surface area contributed by atoms with Crippen molar-refractivity contribution in [1.29, 1.82) is 0 Å². The van der Waals surface area contributed by atoms with Gasteiger partial charge in [0.15, 0.2) is 6.20 Å². The van der Waals surface area contributed by atoms with Crippen LogP contribution in [0.25, 0.3) is 55.1 Å². The molecule has 3 aromatic carbocycles. The van der Waals surface area contributed by atoms with Crippen molar-refractivity contribution in [3.05, 3.63) is 78.5 Å². The summed E-state index contributed by atoms with van der Waals surface area (Å²) < 4.78 is 14.6. The van der Waals surface area contributed by atoms with Crippen LogP contribution in [0.5, 0.6) is 0 Å². The molecule has 0 unspecified atom stereocenters. The highest BCUT2D eigenvalue weighted by Crippen LogP contribution is 2.40. The van der Waals surface area contributed by atoms with Crippen molar-refractivity contribution in [2.75, 3.05) is 0 Å². The Balaban J connectivity index is 1.75. The van der Waals surface area contributed by atoms with Crippen molar-refractivity contribution in [2.24, 2.45) is 7.05 Å². The van der Waals surface area contributed by atoms with E-state index in [2.05, 4.69) is 61.1 Å². The number of fused-ring (bicyclic) bond motifs is 6. The van der Waals surface area contributed by atoms with Gasteiger partial charge in [-0.3, -0.25) is 0 Å². The van der Waals surface area contributed by atoms with Gasteiger partial charge in [-0.1, -0.05) is 30.3 Å². The zero-order valence-electron chi connectivity index (χ0n) is 15.7. The van der Waals surface area contributed by atoms with E-state index in [9.17, 15) is 0 Å². The molecule has 6 rings (SSSR count). The van der Waals surface area contributed by atoms with E-state index in [0.717, 1.165) is 55.1 Å². The van der Waals surface area contributed by atoms with Crippen molar-refractivity contribution in [3.63, 3.8) is 0 Å². The summed E-state index contributed by atoms with van der Waals surface area (Å²) >= 11 is 0. The third kappa shape index (κ3) is 2.01. The van der Waals surface area contributed by atoms with Gasteiger partial charge < -0.3 is 8.83 Å². The third-order valence-corrected chi connectivity index (χ3v) is 5.66. The van der Waals surface area contributed by atoms with Gasteiger partial charge >= 0.3 is 0 Å². The molecule has 6 aromatic rings. The number of benzene rings is 3. The molecule has 0 amide bonds. The Morgan fingerprint density at radius 2 is 1.46 bits per heavy atom. The summed E-state index contributed by atoms with van der Waals surface area (Å²) in [7, 11) is 2.07. The second-order valence-corrected chi connectivity index (χ2v) is 7.38. The van der Waals surface area contributed by atoms with E-state index in [0.29, 0.717) is 0 Å². The fourth-order valence-electron chi connectivity index (χ4n) is 4.26. The molecule has 0 fully saturated rings. The van der Waals surface area contributed by atoms with E-state index in [-0.39, 0.29) is 0 Å². The van der Waals surface area contributed by atoms with Gasteiger partial charge in [-0.15, -0.1) is 0 Å². The molecule has 0 saturated carbocycles. The number of para-hydroxylation sites is 1. The summed E-state index contributed by atoms with van der Waals surface area (Å²) in [6.07, 6.45) is 2.07. The van der Waals surface area contributed by atoms with Gasteiger partial charge in [0.2, 0.25) is 5.69 Å². The number of nitrogens with zero attached hydrogens (tertiary/aromatic N) is 1. The average Bonchev–Trinajstić information content (AvgIpc) is 3.24. The average molecular weight is 364 g/mol. The Kier molecular flexibility index (Phi) is 3.01. The highest BCUT2D eigenvalue weighted by molar-refractivity contribution is 6.16. The largest absolute Gasteiger partial charge is 0.456 e. The first-order valence-electron chi connectivity index (χ1n) is 9.43. The van der Waals surface area contributed by atoms with E-state index in [1.165, 1.54) is 5.56 Å². The Labute approximate surface area is 161 Å². The van der Waals surface area contributed by atoms with Crippen LogP contribution in [-0.2, 0) is 7.05 Å². The zero-order chi connectivity index (χ0) is 18.8. The second kappa shape index (κ2) is 5.46. The summed E-state index contributed by atoms with van der Waals surface area (Å²) in [5, 5.41) is 4.51. The number of pyridine rings is 1. The monoisotopic (exact) mass is 364 g/mol. The maximum atomic E-state index is 6.40. The van der Waals surface area contributed by atoms with E-state index in [1.54, 1.807) is 0 Å². The molecular weight excluding hydrogens is 346 g/mol. The molecule has 3 heterocycles. The van der Waals surface area contributed by atoms with Gasteiger partial charge in [0, 0.05) is 39.7 Å². The summed E-state index contributed by atoms with van der Waals surface area (Å²) in [6.45, 7) is 2.13. The van der Waals surface area contributed by atoms with Crippen LogP contribution in [0.2, 0.25) is 0 Å². The van der Waals surface area contributed by atoms with Crippen LogP contribution >= 0.6 is 0 Å². The van der Waals surface area contributed by atoms with Crippen LogP contribution in [0.3, 0.4) is 0 Å². The Morgan fingerprint density at radius 3 is 2.36 bits per heavy atom. The molecule has 0 bridgehead atoms. The van der Waals surface area contributed by atoms with Crippen LogP contribution in [0.15, 0.2) is 81.8 Å². The number of hydrogen-bond acceptors (Lipinski definition) is 2. The lowest BCUT2D eigenvalue weighted by Gasteiger charge is -2.04. The summed E-state index contributed by atoms with van der Waals surface area (Å²) in [6, 6.07) is 23.0. The molecule has 0 aliphatic carbocycles. The van der Waals surface area contributed by atoms with E-state index in [1.807, 2.05) is 30.3 Å². The predicted octanol–water partition coefficient (Wildman–Crippen LogP) is 6.29. The molecule has 0 atom stereocenters. The van der Waals surface area contributed by atoms with Crippen molar-refractivity contribution >= 4 is 43.9 Å². The van der Waals surface area contributed by atoms with Gasteiger partial charge in [0.25, 0.3) is 0 Å². The van der Waals surface area contributed by atoms with Gasteiger partial charge in [0.1, 0.15) is 29.4 Å². The molecule has 0 aliphatic heterocycles. The molecule has 0 radical (unpaired) electrons. The molecular formula is C25H18NO2+. The van der Waals surface area contributed by atoms with Crippen molar-refractivity contribution in [1.82, 2.24) is 0 Å². The lowest BCUT2D eigenvalue weighted by Crippen LogP contribution is -2.30. The van der Waals surface area contributed by atoms with Crippen molar-refractivity contribution in [3.8, 4) is 11.3 Å². The predicted molar refractivity (Wildman–Crippen MR) is 112 cm³/mol. The molecule has 28 heavy (non-hydrogen) atoms. The van der Waals surface area contributed by atoms with E-state index in [4.69, 9.17) is 8.83 Å². The van der Waals surface area contributed by atoms with Gasteiger partial charge in [0.05, 0.1) is 5.56 Å². The maximum Gasteiger partial charge on any atom is 0.216 e. The molecule has 3 nitrogen and oxygen atoms in total. The van der Waals surface area contributed by atoms with Crippen LogP contribution < -0.4 is 4.57 Å². The van der Waals surface area contributed by atoms with Crippen LogP contribution in [0.1, 0.15) is 5.56 Å². The minimum atomic E-state index is 0.854. The third-order valence-electron chi connectivity index (χ3n) is 5.66. The Bertz CT molecular complexity index is 1530. The minimum absolute atomic E-state index is 0.854. The Morgan fingerprint density at radius 1 is 0.679 bits per heavy atom. The van der Waals surface area contributed by atoms with Crippen LogP contribution in [0.4, 0.5) is 0 Å². The SMILES string of the molecule is Cc1ccc2c(oc3cc4oc5ccccc5c4cc32)c1-c1cccc[n+]1C. The van der Waals surface area contributed by atoms with Gasteiger partial charge in [-0.05, 0) is 30.7 Å². The lowest BCUT2D eigenvalue weighted by atomic mass is 10.00. The number of furan rings is 2. The molecule has 0 spiro atoms. The molecule has 0 saturated heterocycles. The summed E-state index contributed by atoms with van der Waals surface area (Å²) in [5.74, 6) is 0. The van der Waals surface area contributed by atoms with Crippen LogP contribution in [0, 0.1) is 6.92 Å². The number of rotatable bonds is 1. The first-order valence-corrected chi connectivity index (χ1v) is 9.43. The Hall–Kier alpha value is -3.59. The zero-order valence-corrected chi connectivity index (χ0v) is 15.7. The highest BCUT2D eigenvalue weighted by atomic mass is 16.3. The van der Waals surface area contributed by atoms with E-state index < -0.39 is 0 Å². The standard InChI is InChI=1S/C25H18NO2/c1-15-10-11-17-19-13-18-16-7-3-4-9-21(16)27-22(18)14-23(19)28-25(17)24(15)20-8-5-6-12-26(20)2/h3-14H,1-2H3/q+1. The smallest absolute Gasteiger partial charge is 0.216 e. The fourth-order valence-corrected chi connectivity index (χ4v) is 4.26. The molecule has 3 aromatic heterocycles. The summed E-state index contributed by atoms with van der Waals surface area (Å²) in [4.78, 5) is 0. The highest BCUT2D eigenvalue weighted by Gasteiger charge is 2.21. The number of aryl methyl sites for hydroxylation is 2. The van der Waals surface area contributed by atoms with Crippen molar-refractivity contribution < 1.29 is 13.4 Å². The van der Waals surface area contributed by atoms with Gasteiger partial charge in [-0.2, -0.15) is 0 Å². The van der Waals surface area contributed by atoms with Crippen LogP contribution in [-0.4, -0.2) is 0 Å². The fraction of sp³-hybridized carbons (Fsp3) is 0.0800. The minimum Gasteiger partial charge on any atom is -0.456 e. The quantitative estimate of drug-likeness (QED) is 0.321. The topological polar surface area (TPSA) is 30.2 Å². The first-order chi connectivity index (χ1) is 13.7. The molecule has 3 heteroatoms. The first kappa shape index (κ1) is 15.5. The molecule has 134 valence electrons. The van der Waals surface area contributed by atoms with Gasteiger partial charge in [-0.25, -0.2) is 4.57 Å². The summed E-state index contributed by atoms with van der Waals surface area (Å²) in [5.41, 5.74) is 7.01. The maximum absolute atomic E-state index is 6.40. The van der Waals surface area contributed by atoms with E-state index >= 15 is 0 Å².